The Morgan fingerprint density at radius 3 is 2.29 bits per heavy atom. The zero-order valence-corrected chi connectivity index (χ0v) is 14.0. The van der Waals surface area contributed by atoms with Crippen molar-refractivity contribution in [2.45, 2.75) is 13.0 Å². The fourth-order valence-electron chi connectivity index (χ4n) is 2.14. The van der Waals surface area contributed by atoms with Gasteiger partial charge in [0, 0.05) is 5.03 Å². The molecular weight excluding hydrogens is 320 g/mol. The molecule has 1 N–H and O–H groups in total. The fraction of sp³-hybridized carbons (Fsp3) is 0.100. The molecule has 3 nitrogen and oxygen atoms in total. The van der Waals surface area contributed by atoms with Gasteiger partial charge in [-0.25, -0.2) is 0 Å². The molecule has 0 heterocycles. The third kappa shape index (κ3) is 5.12. The van der Waals surface area contributed by atoms with Gasteiger partial charge in [-0.2, -0.15) is 5.26 Å². The quantitative estimate of drug-likeness (QED) is 0.493. The molecule has 0 bridgehead atoms. The van der Waals surface area contributed by atoms with Gasteiger partial charge in [0.25, 0.3) is 5.91 Å². The molecular formula is C20H17ClN2O. The molecule has 0 aliphatic carbocycles. The van der Waals surface area contributed by atoms with Crippen LogP contribution in [0.2, 0.25) is 0 Å². The second kappa shape index (κ2) is 8.71. The maximum atomic E-state index is 12.3. The molecule has 1 atom stereocenters. The van der Waals surface area contributed by atoms with Gasteiger partial charge in [0.2, 0.25) is 0 Å². The van der Waals surface area contributed by atoms with E-state index in [-0.39, 0.29) is 11.6 Å². The summed E-state index contributed by atoms with van der Waals surface area (Å²) in [6, 6.07) is 20.7. The lowest BCUT2D eigenvalue weighted by atomic mass is 10.1. The van der Waals surface area contributed by atoms with Crippen LogP contribution in [0, 0.1) is 11.3 Å². The minimum atomic E-state index is -0.450. The minimum Gasteiger partial charge on any atom is -0.345 e. The van der Waals surface area contributed by atoms with Crippen molar-refractivity contribution in [3.05, 3.63) is 88.5 Å². The summed E-state index contributed by atoms with van der Waals surface area (Å²) in [6.07, 6.45) is 3.08. The molecule has 0 aromatic heterocycles. The number of hydrogen-bond donors (Lipinski definition) is 1. The van der Waals surface area contributed by atoms with E-state index in [4.69, 9.17) is 11.6 Å². The van der Waals surface area contributed by atoms with Crippen LogP contribution in [-0.4, -0.2) is 5.91 Å². The molecule has 0 fully saturated rings. The smallest absolute Gasteiger partial charge is 0.262 e. The van der Waals surface area contributed by atoms with Crippen molar-refractivity contribution >= 4 is 23.6 Å². The maximum Gasteiger partial charge on any atom is 0.262 e. The molecule has 24 heavy (non-hydrogen) atoms. The average molecular weight is 337 g/mol. The van der Waals surface area contributed by atoms with Gasteiger partial charge in [-0.3, -0.25) is 4.79 Å². The Kier molecular flexibility index (Phi) is 6.36. The summed E-state index contributed by atoms with van der Waals surface area (Å²) in [7, 11) is 0. The summed E-state index contributed by atoms with van der Waals surface area (Å²) in [5, 5.41) is 12.4. The molecule has 2 aromatic rings. The highest BCUT2D eigenvalue weighted by atomic mass is 35.5. The van der Waals surface area contributed by atoms with Crippen molar-refractivity contribution in [1.82, 2.24) is 5.32 Å². The Morgan fingerprint density at radius 2 is 1.71 bits per heavy atom. The van der Waals surface area contributed by atoms with E-state index in [2.05, 4.69) is 5.32 Å². The first-order valence-electron chi connectivity index (χ1n) is 7.50. The van der Waals surface area contributed by atoms with Crippen molar-refractivity contribution in [2.24, 2.45) is 0 Å². The lowest BCUT2D eigenvalue weighted by Gasteiger charge is -2.13. The number of nitriles is 1. The number of amides is 1. The summed E-state index contributed by atoms with van der Waals surface area (Å²) in [6.45, 7) is 1.86. The molecule has 2 aromatic carbocycles. The van der Waals surface area contributed by atoms with Crippen LogP contribution >= 0.6 is 11.6 Å². The van der Waals surface area contributed by atoms with Crippen molar-refractivity contribution in [3.8, 4) is 6.07 Å². The molecule has 0 unspecified atom stereocenters. The zero-order valence-electron chi connectivity index (χ0n) is 13.2. The van der Waals surface area contributed by atoms with Crippen molar-refractivity contribution < 1.29 is 4.79 Å². The Balaban J connectivity index is 2.11. The zero-order chi connectivity index (χ0) is 17.4. The molecule has 0 aliphatic rings. The number of rotatable bonds is 5. The minimum absolute atomic E-state index is 0.0324. The molecule has 0 saturated heterocycles. The second-order valence-electron chi connectivity index (χ2n) is 5.22. The number of nitrogens with zero attached hydrogens (tertiary/aromatic N) is 1. The van der Waals surface area contributed by atoms with E-state index in [1.807, 2.05) is 73.7 Å². The first-order chi connectivity index (χ1) is 11.6. The van der Waals surface area contributed by atoms with E-state index in [9.17, 15) is 10.1 Å². The van der Waals surface area contributed by atoms with E-state index in [1.165, 1.54) is 6.08 Å². The Labute approximate surface area is 146 Å². The van der Waals surface area contributed by atoms with E-state index in [0.29, 0.717) is 5.03 Å². The summed E-state index contributed by atoms with van der Waals surface area (Å²) in [5.41, 5.74) is 1.83. The van der Waals surface area contributed by atoms with Crippen LogP contribution in [0.15, 0.2) is 77.3 Å². The highest BCUT2D eigenvalue weighted by Gasteiger charge is 2.13. The Hall–Kier alpha value is -2.83. The highest BCUT2D eigenvalue weighted by Crippen LogP contribution is 2.15. The van der Waals surface area contributed by atoms with E-state index in [1.54, 1.807) is 6.08 Å². The number of carbonyl (C=O) groups is 1. The molecule has 4 heteroatoms. The summed E-state index contributed by atoms with van der Waals surface area (Å²) in [5.74, 6) is -0.450. The molecule has 1 amide bonds. The van der Waals surface area contributed by atoms with Gasteiger partial charge < -0.3 is 5.32 Å². The lowest BCUT2D eigenvalue weighted by Crippen LogP contribution is -2.27. The third-order valence-corrected chi connectivity index (χ3v) is 3.62. The number of halogens is 1. The summed E-state index contributed by atoms with van der Waals surface area (Å²) in [4.78, 5) is 12.3. The number of carbonyl (C=O) groups excluding carboxylic acids is 1. The predicted molar refractivity (Wildman–Crippen MR) is 97.0 cm³/mol. The average Bonchev–Trinajstić information content (AvgIpc) is 2.61. The van der Waals surface area contributed by atoms with Crippen LogP contribution in [0.4, 0.5) is 0 Å². The first kappa shape index (κ1) is 17.5. The SMILES string of the molecule is C[C@@H](NC(=O)/C(C#N)=C/C(Cl)=C/c1ccccc1)c1ccccc1. The number of benzene rings is 2. The number of allylic oxidation sites excluding steroid dienone is 2. The van der Waals surface area contributed by atoms with Gasteiger partial charge in [-0.05, 0) is 30.2 Å². The van der Waals surface area contributed by atoms with E-state index >= 15 is 0 Å². The predicted octanol–water partition coefficient (Wildman–Crippen LogP) is 4.59. The van der Waals surface area contributed by atoms with Crippen LogP contribution in [0.1, 0.15) is 24.1 Å². The molecule has 0 aliphatic heterocycles. The molecule has 0 spiro atoms. The van der Waals surface area contributed by atoms with Gasteiger partial charge >= 0.3 is 0 Å². The van der Waals surface area contributed by atoms with Crippen molar-refractivity contribution in [3.63, 3.8) is 0 Å². The monoisotopic (exact) mass is 336 g/mol. The van der Waals surface area contributed by atoms with Gasteiger partial charge in [-0.1, -0.05) is 72.3 Å². The fourth-order valence-corrected chi connectivity index (χ4v) is 2.37. The molecule has 2 rings (SSSR count). The van der Waals surface area contributed by atoms with Crippen LogP contribution in [0.3, 0.4) is 0 Å². The maximum absolute atomic E-state index is 12.3. The Bertz CT molecular complexity index is 789. The molecule has 0 saturated carbocycles. The third-order valence-electron chi connectivity index (χ3n) is 3.40. The number of hydrogen-bond acceptors (Lipinski definition) is 2. The van der Waals surface area contributed by atoms with Crippen molar-refractivity contribution in [1.29, 1.82) is 5.26 Å². The Morgan fingerprint density at radius 1 is 1.12 bits per heavy atom. The molecule has 120 valence electrons. The van der Waals surface area contributed by atoms with E-state index in [0.717, 1.165) is 11.1 Å². The summed E-state index contributed by atoms with van der Waals surface area (Å²) < 4.78 is 0. The van der Waals surface area contributed by atoms with Crippen LogP contribution in [0.5, 0.6) is 0 Å². The van der Waals surface area contributed by atoms with Crippen LogP contribution in [0.25, 0.3) is 6.08 Å². The largest absolute Gasteiger partial charge is 0.345 e. The van der Waals surface area contributed by atoms with Gasteiger partial charge in [-0.15, -0.1) is 0 Å². The standard InChI is InChI=1S/C20H17ClN2O/c1-15(17-10-6-3-7-11-17)23-20(24)18(14-22)13-19(21)12-16-8-4-2-5-9-16/h2-13,15H,1H3,(H,23,24)/b18-13+,19-12-/t15-/m1/s1. The number of nitrogens with one attached hydrogen (secondary N) is 1. The van der Waals surface area contributed by atoms with Crippen molar-refractivity contribution in [2.75, 3.05) is 0 Å². The van der Waals surface area contributed by atoms with Crippen LogP contribution < -0.4 is 5.32 Å². The molecule has 0 radical (unpaired) electrons. The topological polar surface area (TPSA) is 52.9 Å². The first-order valence-corrected chi connectivity index (χ1v) is 7.88. The van der Waals surface area contributed by atoms with Gasteiger partial charge in [0.1, 0.15) is 11.6 Å². The normalized spacial score (nSPS) is 13.0. The lowest BCUT2D eigenvalue weighted by molar-refractivity contribution is -0.117. The van der Waals surface area contributed by atoms with Gasteiger partial charge in [0.05, 0.1) is 6.04 Å². The van der Waals surface area contributed by atoms with Gasteiger partial charge in [0.15, 0.2) is 0 Å². The van der Waals surface area contributed by atoms with Crippen LogP contribution in [-0.2, 0) is 4.79 Å². The van der Waals surface area contributed by atoms with E-state index < -0.39 is 5.91 Å². The highest BCUT2D eigenvalue weighted by molar-refractivity contribution is 6.33. The second-order valence-corrected chi connectivity index (χ2v) is 5.65. The summed E-state index contributed by atoms with van der Waals surface area (Å²) >= 11 is 6.14.